The zero-order valence-corrected chi connectivity index (χ0v) is 14.6. The molecule has 6 heteroatoms. The Kier molecular flexibility index (Phi) is 4.67. The molecule has 0 aliphatic carbocycles. The fourth-order valence-electron chi connectivity index (χ4n) is 4.13. The number of nitrogens with zero attached hydrogens (tertiary/aromatic N) is 2. The molecule has 2 aromatic heterocycles. The summed E-state index contributed by atoms with van der Waals surface area (Å²) in [6.45, 7) is 3.23. The van der Waals surface area contributed by atoms with Crippen LogP contribution in [0.2, 0.25) is 0 Å². The molecule has 4 heterocycles. The number of rotatable bonds is 4. The van der Waals surface area contributed by atoms with E-state index in [0.717, 1.165) is 17.1 Å². The third-order valence-corrected chi connectivity index (χ3v) is 6.25. The first-order chi connectivity index (χ1) is 11.8. The molecule has 0 aromatic carbocycles. The topological polar surface area (TPSA) is 61.0 Å². The molecule has 2 fully saturated rings. The van der Waals surface area contributed by atoms with Gasteiger partial charge in [0.1, 0.15) is 0 Å². The van der Waals surface area contributed by atoms with Crippen molar-refractivity contribution in [3.63, 3.8) is 0 Å². The number of nitrogens with one attached hydrogen (secondary N) is 2. The lowest BCUT2D eigenvalue weighted by molar-refractivity contribution is 0.0575. The van der Waals surface area contributed by atoms with E-state index < -0.39 is 0 Å². The normalized spacial score (nSPS) is 24.5. The first-order valence-corrected chi connectivity index (χ1v) is 9.81. The smallest absolute Gasteiger partial charge is 0.271 e. The number of piperidine rings is 2. The van der Waals surface area contributed by atoms with E-state index in [2.05, 4.69) is 20.4 Å². The maximum absolute atomic E-state index is 12.4. The SMILES string of the molecule is O=C(NC[C@H]1CCCN2CCCC[C@@H]12)c1cc(-c2cccs2)[nH]n1. The Bertz CT molecular complexity index is 679. The summed E-state index contributed by atoms with van der Waals surface area (Å²) in [6.07, 6.45) is 6.42. The maximum Gasteiger partial charge on any atom is 0.271 e. The van der Waals surface area contributed by atoms with Gasteiger partial charge in [0.15, 0.2) is 5.69 Å². The molecule has 2 aromatic rings. The Morgan fingerprint density at radius 3 is 3.12 bits per heavy atom. The highest BCUT2D eigenvalue weighted by atomic mass is 32.1. The lowest BCUT2D eigenvalue weighted by atomic mass is 9.83. The van der Waals surface area contributed by atoms with Crippen LogP contribution >= 0.6 is 11.3 Å². The number of amides is 1. The molecule has 24 heavy (non-hydrogen) atoms. The van der Waals surface area contributed by atoms with Gasteiger partial charge >= 0.3 is 0 Å². The first kappa shape index (κ1) is 15.8. The molecule has 2 aliphatic heterocycles. The summed E-state index contributed by atoms with van der Waals surface area (Å²) in [5, 5.41) is 12.3. The molecule has 2 atom stereocenters. The van der Waals surface area contributed by atoms with E-state index in [4.69, 9.17) is 0 Å². The summed E-state index contributed by atoms with van der Waals surface area (Å²) in [5.74, 6) is 0.515. The number of hydrogen-bond donors (Lipinski definition) is 2. The van der Waals surface area contributed by atoms with Crippen molar-refractivity contribution in [3.8, 4) is 10.6 Å². The number of hydrogen-bond acceptors (Lipinski definition) is 4. The molecule has 4 rings (SSSR count). The van der Waals surface area contributed by atoms with Gasteiger partial charge in [-0.1, -0.05) is 12.5 Å². The Labute approximate surface area is 146 Å². The summed E-state index contributed by atoms with van der Waals surface area (Å²) in [6, 6.07) is 6.53. The molecule has 0 bridgehead atoms. The lowest BCUT2D eigenvalue weighted by Crippen LogP contribution is -2.51. The van der Waals surface area contributed by atoms with Crippen molar-refractivity contribution < 1.29 is 4.79 Å². The second-order valence-corrected chi connectivity index (χ2v) is 7.80. The molecule has 0 unspecified atom stereocenters. The van der Waals surface area contributed by atoms with Crippen molar-refractivity contribution in [1.82, 2.24) is 20.4 Å². The van der Waals surface area contributed by atoms with E-state index in [9.17, 15) is 4.79 Å². The highest BCUT2D eigenvalue weighted by Gasteiger charge is 2.33. The fourth-order valence-corrected chi connectivity index (χ4v) is 4.82. The van der Waals surface area contributed by atoms with Crippen LogP contribution < -0.4 is 5.32 Å². The minimum atomic E-state index is -0.0676. The zero-order valence-electron chi connectivity index (χ0n) is 13.8. The van der Waals surface area contributed by atoms with Gasteiger partial charge in [0, 0.05) is 12.6 Å². The Morgan fingerprint density at radius 2 is 2.25 bits per heavy atom. The highest BCUT2D eigenvalue weighted by molar-refractivity contribution is 7.13. The van der Waals surface area contributed by atoms with Gasteiger partial charge in [0.2, 0.25) is 0 Å². The molecule has 0 radical (unpaired) electrons. The predicted octanol–water partition coefficient (Wildman–Crippen LogP) is 3.13. The van der Waals surface area contributed by atoms with E-state index in [-0.39, 0.29) is 5.91 Å². The number of fused-ring (bicyclic) bond motifs is 1. The van der Waals surface area contributed by atoms with Crippen LogP contribution in [-0.2, 0) is 0 Å². The van der Waals surface area contributed by atoms with Crippen molar-refractivity contribution in [2.75, 3.05) is 19.6 Å². The highest BCUT2D eigenvalue weighted by Crippen LogP contribution is 2.30. The molecular weight excluding hydrogens is 320 g/mol. The number of thiophene rings is 1. The van der Waals surface area contributed by atoms with Gasteiger partial charge in [-0.15, -0.1) is 11.3 Å². The minimum absolute atomic E-state index is 0.0676. The summed E-state index contributed by atoms with van der Waals surface area (Å²) < 4.78 is 0. The van der Waals surface area contributed by atoms with Crippen LogP contribution in [0.4, 0.5) is 0 Å². The van der Waals surface area contributed by atoms with E-state index in [1.807, 2.05) is 23.6 Å². The lowest BCUT2D eigenvalue weighted by Gasteiger charge is -2.44. The molecule has 2 N–H and O–H groups in total. The van der Waals surface area contributed by atoms with E-state index in [0.29, 0.717) is 17.7 Å². The van der Waals surface area contributed by atoms with Crippen LogP contribution in [0.5, 0.6) is 0 Å². The summed E-state index contributed by atoms with van der Waals surface area (Å²) in [7, 11) is 0. The van der Waals surface area contributed by atoms with Gasteiger partial charge < -0.3 is 10.2 Å². The first-order valence-electron chi connectivity index (χ1n) is 8.93. The van der Waals surface area contributed by atoms with E-state index >= 15 is 0 Å². The predicted molar refractivity (Wildman–Crippen MR) is 96.2 cm³/mol. The largest absolute Gasteiger partial charge is 0.350 e. The van der Waals surface area contributed by atoms with E-state index in [1.54, 1.807) is 11.3 Å². The Morgan fingerprint density at radius 1 is 1.33 bits per heavy atom. The monoisotopic (exact) mass is 344 g/mol. The maximum atomic E-state index is 12.4. The van der Waals surface area contributed by atoms with Crippen molar-refractivity contribution in [3.05, 3.63) is 29.3 Å². The van der Waals surface area contributed by atoms with Crippen molar-refractivity contribution in [1.29, 1.82) is 0 Å². The minimum Gasteiger partial charge on any atom is -0.350 e. The van der Waals surface area contributed by atoms with Gasteiger partial charge in [-0.3, -0.25) is 9.89 Å². The second kappa shape index (κ2) is 7.07. The molecular formula is C18H24N4OS. The molecule has 0 saturated carbocycles. The van der Waals surface area contributed by atoms with E-state index in [1.165, 1.54) is 45.2 Å². The molecule has 2 saturated heterocycles. The molecule has 0 spiro atoms. The quantitative estimate of drug-likeness (QED) is 0.896. The zero-order chi connectivity index (χ0) is 16.4. The van der Waals surface area contributed by atoms with Gasteiger partial charge in [-0.2, -0.15) is 5.10 Å². The number of aromatic nitrogens is 2. The number of carbonyl (C=O) groups excluding carboxylic acids is 1. The third kappa shape index (κ3) is 3.26. The molecule has 1 amide bonds. The Balaban J connectivity index is 1.36. The Hall–Kier alpha value is -1.66. The number of H-pyrrole nitrogens is 1. The summed E-state index contributed by atoms with van der Waals surface area (Å²) >= 11 is 1.64. The summed E-state index contributed by atoms with van der Waals surface area (Å²) in [4.78, 5) is 16.2. The molecule has 5 nitrogen and oxygen atoms in total. The van der Waals surface area contributed by atoms with Crippen LogP contribution in [0.3, 0.4) is 0 Å². The standard InChI is InChI=1S/C18H24N4OS/c23-18(15-11-14(20-21-15)17-7-4-10-24-17)19-12-13-5-3-9-22-8-2-1-6-16(13)22/h4,7,10-11,13,16H,1-3,5-6,8-9,12H2,(H,19,23)(H,20,21)/t13-,16+/m1/s1. The molecule has 128 valence electrons. The van der Waals surface area contributed by atoms with Crippen LogP contribution in [-0.4, -0.2) is 46.7 Å². The van der Waals surface area contributed by atoms with Crippen molar-refractivity contribution in [2.45, 2.75) is 38.1 Å². The van der Waals surface area contributed by atoms with Gasteiger partial charge in [-0.05, 0) is 62.2 Å². The van der Waals surface area contributed by atoms with Crippen molar-refractivity contribution >= 4 is 17.2 Å². The van der Waals surface area contributed by atoms with Gasteiger partial charge in [0.05, 0.1) is 10.6 Å². The van der Waals surface area contributed by atoms with Crippen LogP contribution in [0.1, 0.15) is 42.6 Å². The van der Waals surface area contributed by atoms with Crippen LogP contribution in [0, 0.1) is 5.92 Å². The number of carbonyl (C=O) groups is 1. The van der Waals surface area contributed by atoms with Gasteiger partial charge in [0.25, 0.3) is 5.91 Å². The average Bonchev–Trinajstić information content (AvgIpc) is 3.30. The second-order valence-electron chi connectivity index (χ2n) is 6.86. The van der Waals surface area contributed by atoms with Gasteiger partial charge in [-0.25, -0.2) is 0 Å². The van der Waals surface area contributed by atoms with Crippen LogP contribution in [0.15, 0.2) is 23.6 Å². The third-order valence-electron chi connectivity index (χ3n) is 5.35. The molecule has 2 aliphatic rings. The van der Waals surface area contributed by atoms with Crippen LogP contribution in [0.25, 0.3) is 10.6 Å². The summed E-state index contributed by atoms with van der Waals surface area (Å²) in [5.41, 5.74) is 1.39. The number of aromatic amines is 1. The van der Waals surface area contributed by atoms with Crippen molar-refractivity contribution in [2.24, 2.45) is 5.92 Å². The fraction of sp³-hybridized carbons (Fsp3) is 0.556. The average molecular weight is 344 g/mol.